The third-order valence-electron chi connectivity index (χ3n) is 2.04. The molecule has 0 amide bonds. The van der Waals surface area contributed by atoms with Gasteiger partial charge in [0.1, 0.15) is 6.33 Å². The minimum atomic E-state index is 0.766. The summed E-state index contributed by atoms with van der Waals surface area (Å²) in [6, 6.07) is 1.95. The molecule has 1 aromatic rings. The zero-order valence-electron chi connectivity index (χ0n) is 8.39. The fourth-order valence-corrected chi connectivity index (χ4v) is 2.54. The molecule has 0 radical (unpaired) electrons. The molecule has 14 heavy (non-hydrogen) atoms. The van der Waals surface area contributed by atoms with Crippen LogP contribution in [-0.4, -0.2) is 21.5 Å². The molecule has 2 nitrogen and oxygen atoms in total. The van der Waals surface area contributed by atoms with Crippen LogP contribution in [0.25, 0.3) is 0 Å². The molecule has 0 bridgehead atoms. The Kier molecular flexibility index (Phi) is 6.03. The summed E-state index contributed by atoms with van der Waals surface area (Å²) in [6.07, 6.45) is 5.81. The first-order valence-electron chi connectivity index (χ1n) is 4.82. The molecular weight excluding hydrogens is 212 g/mol. The molecule has 0 N–H and O–H groups in total. The van der Waals surface area contributed by atoms with Gasteiger partial charge >= 0.3 is 0 Å². The highest BCUT2D eigenvalue weighted by molar-refractivity contribution is 7.99. The molecule has 78 valence electrons. The highest BCUT2D eigenvalue weighted by Gasteiger charge is 2.01. The Morgan fingerprint density at radius 3 is 3.00 bits per heavy atom. The van der Waals surface area contributed by atoms with E-state index in [0.717, 1.165) is 22.4 Å². The first-order chi connectivity index (χ1) is 6.83. The lowest BCUT2D eigenvalue weighted by molar-refractivity contribution is 0.554. The van der Waals surface area contributed by atoms with E-state index in [1.54, 1.807) is 24.3 Å². The van der Waals surface area contributed by atoms with Crippen LogP contribution in [0.3, 0.4) is 0 Å². The minimum absolute atomic E-state index is 0.766. The third kappa shape index (κ3) is 4.86. The molecule has 0 aliphatic rings. The van der Waals surface area contributed by atoms with E-state index in [2.05, 4.69) is 29.5 Å². The number of thioether (sulfide) groups is 1. The van der Waals surface area contributed by atoms with E-state index < -0.39 is 0 Å². The summed E-state index contributed by atoms with van der Waals surface area (Å²) in [6.45, 7) is 2.27. The zero-order valence-corrected chi connectivity index (χ0v) is 10.1. The molecule has 1 rings (SSSR count). The second-order valence-corrected chi connectivity index (χ2v) is 4.86. The fourth-order valence-electron chi connectivity index (χ4n) is 1.09. The van der Waals surface area contributed by atoms with Gasteiger partial charge in [-0.3, -0.25) is 0 Å². The molecule has 0 aliphatic heterocycles. The summed E-state index contributed by atoms with van der Waals surface area (Å²) in [5.74, 6) is 2.88. The minimum Gasteiger partial charge on any atom is -0.245 e. The monoisotopic (exact) mass is 228 g/mol. The van der Waals surface area contributed by atoms with E-state index in [1.807, 2.05) is 6.07 Å². The van der Waals surface area contributed by atoms with Gasteiger partial charge in [0.2, 0.25) is 0 Å². The maximum atomic E-state index is 4.22. The Labute approximate surface area is 95.3 Å². The number of thiol groups is 1. The van der Waals surface area contributed by atoms with Crippen molar-refractivity contribution in [1.29, 1.82) is 0 Å². The van der Waals surface area contributed by atoms with Gasteiger partial charge in [0, 0.05) is 6.20 Å². The van der Waals surface area contributed by atoms with Crippen molar-refractivity contribution in [1.82, 2.24) is 9.97 Å². The van der Waals surface area contributed by atoms with E-state index in [-0.39, 0.29) is 0 Å². The summed E-state index contributed by atoms with van der Waals surface area (Å²) in [4.78, 5) is 8.04. The molecule has 0 aromatic carbocycles. The highest BCUT2D eigenvalue weighted by atomic mass is 32.2. The highest BCUT2D eigenvalue weighted by Crippen LogP contribution is 2.18. The van der Waals surface area contributed by atoms with Gasteiger partial charge in [0.15, 0.2) is 0 Å². The van der Waals surface area contributed by atoms with E-state index >= 15 is 0 Å². The Balaban J connectivity index is 2.16. The van der Waals surface area contributed by atoms with E-state index in [9.17, 15) is 0 Å². The van der Waals surface area contributed by atoms with Crippen molar-refractivity contribution in [2.75, 3.05) is 11.5 Å². The molecular formula is C10H16N2S2. The SMILES string of the molecule is CC(CCS)CCSc1ccncn1. The van der Waals surface area contributed by atoms with Crippen LogP contribution in [0.15, 0.2) is 23.6 Å². The Bertz CT molecular complexity index is 241. The van der Waals surface area contributed by atoms with Gasteiger partial charge in [0.05, 0.1) is 5.03 Å². The molecule has 4 heteroatoms. The molecule has 1 atom stereocenters. The predicted molar refractivity (Wildman–Crippen MR) is 65.0 cm³/mol. The normalized spacial score (nSPS) is 12.7. The quantitative estimate of drug-likeness (QED) is 0.460. The van der Waals surface area contributed by atoms with Crippen LogP contribution in [0.4, 0.5) is 0 Å². The average Bonchev–Trinajstić information content (AvgIpc) is 2.20. The lowest BCUT2D eigenvalue weighted by Gasteiger charge is -2.08. The Morgan fingerprint density at radius 2 is 2.36 bits per heavy atom. The maximum absolute atomic E-state index is 4.22. The Hall–Kier alpha value is -0.220. The summed E-state index contributed by atoms with van der Waals surface area (Å²) in [5, 5.41) is 1.07. The summed E-state index contributed by atoms with van der Waals surface area (Å²) >= 11 is 6.02. The Morgan fingerprint density at radius 1 is 1.50 bits per heavy atom. The van der Waals surface area contributed by atoms with Gasteiger partial charge in [-0.05, 0) is 36.3 Å². The molecule has 1 heterocycles. The molecule has 0 spiro atoms. The van der Waals surface area contributed by atoms with Gasteiger partial charge in [-0.25, -0.2) is 9.97 Å². The number of hydrogen-bond donors (Lipinski definition) is 1. The van der Waals surface area contributed by atoms with Crippen LogP contribution in [0, 0.1) is 5.92 Å². The number of aromatic nitrogens is 2. The number of nitrogens with zero attached hydrogens (tertiary/aromatic N) is 2. The van der Waals surface area contributed by atoms with Crippen molar-refractivity contribution in [3.63, 3.8) is 0 Å². The predicted octanol–water partition coefficient (Wildman–Crippen LogP) is 2.91. The van der Waals surface area contributed by atoms with Gasteiger partial charge < -0.3 is 0 Å². The summed E-state index contributed by atoms with van der Waals surface area (Å²) < 4.78 is 0. The van der Waals surface area contributed by atoms with Crippen LogP contribution in [0.5, 0.6) is 0 Å². The third-order valence-corrected chi connectivity index (χ3v) is 3.27. The number of hydrogen-bond acceptors (Lipinski definition) is 4. The van der Waals surface area contributed by atoms with Crippen LogP contribution in [0.2, 0.25) is 0 Å². The van der Waals surface area contributed by atoms with Crippen molar-refractivity contribution in [3.8, 4) is 0 Å². The largest absolute Gasteiger partial charge is 0.245 e. The van der Waals surface area contributed by atoms with E-state index in [4.69, 9.17) is 0 Å². The zero-order chi connectivity index (χ0) is 10.2. The van der Waals surface area contributed by atoms with Gasteiger partial charge in [-0.1, -0.05) is 6.92 Å². The van der Waals surface area contributed by atoms with E-state index in [0.29, 0.717) is 0 Å². The van der Waals surface area contributed by atoms with Crippen LogP contribution >= 0.6 is 24.4 Å². The van der Waals surface area contributed by atoms with Crippen molar-refractivity contribution < 1.29 is 0 Å². The number of rotatable bonds is 6. The van der Waals surface area contributed by atoms with E-state index in [1.165, 1.54) is 12.8 Å². The molecule has 0 aliphatic carbocycles. The van der Waals surface area contributed by atoms with Gasteiger partial charge in [-0.15, -0.1) is 11.8 Å². The molecule has 1 aromatic heterocycles. The van der Waals surface area contributed by atoms with Gasteiger partial charge in [0.25, 0.3) is 0 Å². The summed E-state index contributed by atoms with van der Waals surface area (Å²) in [7, 11) is 0. The first-order valence-corrected chi connectivity index (χ1v) is 6.44. The first kappa shape index (κ1) is 11.9. The van der Waals surface area contributed by atoms with Crippen molar-refractivity contribution in [3.05, 3.63) is 18.6 Å². The van der Waals surface area contributed by atoms with Crippen LogP contribution in [-0.2, 0) is 0 Å². The van der Waals surface area contributed by atoms with Crippen molar-refractivity contribution in [2.45, 2.75) is 24.8 Å². The van der Waals surface area contributed by atoms with Crippen LogP contribution in [0.1, 0.15) is 19.8 Å². The topological polar surface area (TPSA) is 25.8 Å². The average molecular weight is 228 g/mol. The smallest absolute Gasteiger partial charge is 0.116 e. The molecule has 0 fully saturated rings. The van der Waals surface area contributed by atoms with Crippen molar-refractivity contribution in [2.24, 2.45) is 5.92 Å². The van der Waals surface area contributed by atoms with Gasteiger partial charge in [-0.2, -0.15) is 12.6 Å². The molecule has 0 saturated heterocycles. The maximum Gasteiger partial charge on any atom is 0.116 e. The second kappa shape index (κ2) is 7.12. The summed E-state index contributed by atoms with van der Waals surface area (Å²) in [5.41, 5.74) is 0. The second-order valence-electron chi connectivity index (χ2n) is 3.30. The molecule has 0 saturated carbocycles. The lowest BCUT2D eigenvalue weighted by Crippen LogP contribution is -1.97. The lowest BCUT2D eigenvalue weighted by atomic mass is 10.1. The standard InChI is InChI=1S/C10H16N2S2/c1-9(3-6-13)4-7-14-10-2-5-11-8-12-10/h2,5,8-9,13H,3-4,6-7H2,1H3. The molecule has 1 unspecified atom stereocenters. The van der Waals surface area contributed by atoms with Crippen LogP contribution < -0.4 is 0 Å². The fraction of sp³-hybridized carbons (Fsp3) is 0.600. The van der Waals surface area contributed by atoms with Crippen molar-refractivity contribution >= 4 is 24.4 Å².